The number of hydrogen-bond acceptors (Lipinski definition) is 5. The molecule has 4 nitrogen and oxygen atoms in total. The van der Waals surface area contributed by atoms with Gasteiger partial charge in [-0.1, -0.05) is 16.8 Å². The maximum atomic E-state index is 5.83. The second-order valence-corrected chi connectivity index (χ2v) is 5.58. The lowest BCUT2D eigenvalue weighted by atomic mass is 10.2. The maximum absolute atomic E-state index is 5.83. The van der Waals surface area contributed by atoms with Crippen LogP contribution >= 0.6 is 23.4 Å². The van der Waals surface area contributed by atoms with Crippen LogP contribution in [0.5, 0.6) is 0 Å². The summed E-state index contributed by atoms with van der Waals surface area (Å²) in [7, 11) is 0. The molecule has 0 amide bonds. The van der Waals surface area contributed by atoms with Crippen molar-refractivity contribution in [3.63, 3.8) is 0 Å². The summed E-state index contributed by atoms with van der Waals surface area (Å²) in [5.74, 6) is 2.12. The van der Waals surface area contributed by atoms with Gasteiger partial charge in [0.25, 0.3) is 0 Å². The minimum Gasteiger partial charge on any atom is -0.339 e. The Kier molecular flexibility index (Phi) is 5.69. The summed E-state index contributed by atoms with van der Waals surface area (Å²) in [6.07, 6.45) is 2.77. The molecule has 0 radical (unpaired) electrons. The van der Waals surface area contributed by atoms with Crippen LogP contribution in [0.15, 0.2) is 33.7 Å². The summed E-state index contributed by atoms with van der Waals surface area (Å²) in [4.78, 5) is 5.49. The molecule has 1 heterocycles. The van der Waals surface area contributed by atoms with Gasteiger partial charge in [-0.25, -0.2) is 0 Å². The summed E-state index contributed by atoms with van der Waals surface area (Å²) in [6.45, 7) is 0.702. The van der Waals surface area contributed by atoms with Gasteiger partial charge in [0.2, 0.25) is 5.89 Å². The quantitative estimate of drug-likeness (QED) is 0.627. The van der Waals surface area contributed by atoms with Crippen LogP contribution in [0.4, 0.5) is 0 Å². The predicted molar refractivity (Wildman–Crippen MR) is 77.3 cm³/mol. The topological polar surface area (TPSA) is 64.9 Å². The molecule has 6 heteroatoms. The highest BCUT2D eigenvalue weighted by Crippen LogP contribution is 2.23. The molecule has 1 aromatic carbocycles. The van der Waals surface area contributed by atoms with Gasteiger partial charge in [-0.2, -0.15) is 4.98 Å². The lowest BCUT2D eigenvalue weighted by Gasteiger charge is -1.97. The number of aryl methyl sites for hydroxylation is 1. The van der Waals surface area contributed by atoms with E-state index in [9.17, 15) is 0 Å². The summed E-state index contributed by atoms with van der Waals surface area (Å²) in [6, 6.07) is 7.71. The highest BCUT2D eigenvalue weighted by molar-refractivity contribution is 7.98. The zero-order valence-corrected chi connectivity index (χ0v) is 12.1. The Labute approximate surface area is 121 Å². The van der Waals surface area contributed by atoms with Gasteiger partial charge in [-0.3, -0.25) is 0 Å². The van der Waals surface area contributed by atoms with Crippen molar-refractivity contribution >= 4 is 23.4 Å². The van der Waals surface area contributed by atoms with Crippen LogP contribution < -0.4 is 5.73 Å². The summed E-state index contributed by atoms with van der Waals surface area (Å²) >= 11 is 7.50. The van der Waals surface area contributed by atoms with E-state index in [2.05, 4.69) is 10.1 Å². The number of nitrogens with zero attached hydrogens (tertiary/aromatic N) is 2. The van der Waals surface area contributed by atoms with Crippen LogP contribution in [0, 0.1) is 0 Å². The predicted octanol–water partition coefficient (Wildman–Crippen LogP) is 3.30. The van der Waals surface area contributed by atoms with Crippen molar-refractivity contribution in [1.82, 2.24) is 10.1 Å². The lowest BCUT2D eigenvalue weighted by molar-refractivity contribution is 0.371. The number of unbranched alkanes of at least 4 members (excludes halogenated alkanes) is 1. The summed E-state index contributed by atoms with van der Waals surface area (Å²) < 4.78 is 5.18. The third kappa shape index (κ3) is 4.86. The second kappa shape index (κ2) is 7.53. The Morgan fingerprint density at radius 2 is 2.00 bits per heavy atom. The molecule has 2 rings (SSSR count). The van der Waals surface area contributed by atoms with E-state index in [1.54, 1.807) is 11.8 Å². The second-order valence-electron chi connectivity index (χ2n) is 4.09. The van der Waals surface area contributed by atoms with Crippen LogP contribution in [0.25, 0.3) is 0 Å². The third-order valence-electron chi connectivity index (χ3n) is 2.54. The number of nitrogens with two attached hydrogens (primary N) is 1. The third-order valence-corrected chi connectivity index (χ3v) is 3.80. The fraction of sp³-hybridized carbons (Fsp3) is 0.385. The molecule has 0 bridgehead atoms. The SMILES string of the molecule is NCCCCc1nc(CSc2ccc(Cl)cc2)no1. The monoisotopic (exact) mass is 297 g/mol. The Bertz CT molecular complexity index is 501. The Hall–Kier alpha value is -1.04. The van der Waals surface area contributed by atoms with E-state index in [-0.39, 0.29) is 0 Å². The molecule has 0 aliphatic carbocycles. The molecular weight excluding hydrogens is 282 g/mol. The van der Waals surface area contributed by atoms with Crippen molar-refractivity contribution in [1.29, 1.82) is 0 Å². The standard InChI is InChI=1S/C13H16ClN3OS/c14-10-4-6-11(7-5-10)19-9-12-16-13(18-17-12)3-1-2-8-15/h4-7H,1-3,8-9,15H2. The van der Waals surface area contributed by atoms with E-state index in [1.165, 1.54) is 0 Å². The molecule has 0 aliphatic rings. The first-order valence-electron chi connectivity index (χ1n) is 6.18. The molecule has 0 saturated carbocycles. The van der Waals surface area contributed by atoms with Gasteiger partial charge in [-0.05, 0) is 43.7 Å². The molecule has 2 aromatic rings. The van der Waals surface area contributed by atoms with Crippen LogP contribution in [-0.2, 0) is 12.2 Å². The van der Waals surface area contributed by atoms with Gasteiger partial charge in [0.05, 0.1) is 5.75 Å². The Balaban J connectivity index is 1.81. The highest BCUT2D eigenvalue weighted by Gasteiger charge is 2.06. The molecule has 2 N–H and O–H groups in total. The average molecular weight is 298 g/mol. The Morgan fingerprint density at radius 1 is 1.21 bits per heavy atom. The Morgan fingerprint density at radius 3 is 2.74 bits per heavy atom. The molecule has 0 saturated heterocycles. The lowest BCUT2D eigenvalue weighted by Crippen LogP contribution is -1.99. The molecule has 0 unspecified atom stereocenters. The number of rotatable bonds is 7. The molecule has 0 fully saturated rings. The van der Waals surface area contributed by atoms with E-state index in [4.69, 9.17) is 21.9 Å². The summed E-state index contributed by atoms with van der Waals surface area (Å²) in [5.41, 5.74) is 5.44. The number of benzene rings is 1. The zero-order chi connectivity index (χ0) is 13.5. The van der Waals surface area contributed by atoms with Crippen molar-refractivity contribution < 1.29 is 4.52 Å². The zero-order valence-electron chi connectivity index (χ0n) is 10.5. The van der Waals surface area contributed by atoms with Gasteiger partial charge in [-0.15, -0.1) is 11.8 Å². The largest absolute Gasteiger partial charge is 0.339 e. The smallest absolute Gasteiger partial charge is 0.226 e. The highest BCUT2D eigenvalue weighted by atomic mass is 35.5. The molecule has 0 atom stereocenters. The minimum absolute atomic E-state index is 0.695. The van der Waals surface area contributed by atoms with Gasteiger partial charge in [0.15, 0.2) is 5.82 Å². The van der Waals surface area contributed by atoms with Gasteiger partial charge in [0.1, 0.15) is 0 Å². The van der Waals surface area contributed by atoms with Crippen LogP contribution in [0.2, 0.25) is 5.02 Å². The van der Waals surface area contributed by atoms with Gasteiger partial charge >= 0.3 is 0 Å². The number of hydrogen-bond donors (Lipinski definition) is 1. The minimum atomic E-state index is 0.695. The molecule has 19 heavy (non-hydrogen) atoms. The maximum Gasteiger partial charge on any atom is 0.226 e. The van der Waals surface area contributed by atoms with E-state index in [1.807, 2.05) is 24.3 Å². The number of aromatic nitrogens is 2. The first-order valence-corrected chi connectivity index (χ1v) is 7.54. The fourth-order valence-electron chi connectivity index (χ4n) is 1.55. The van der Waals surface area contributed by atoms with Crippen LogP contribution in [-0.4, -0.2) is 16.7 Å². The van der Waals surface area contributed by atoms with Gasteiger partial charge < -0.3 is 10.3 Å². The van der Waals surface area contributed by atoms with E-state index in [0.29, 0.717) is 18.2 Å². The van der Waals surface area contributed by atoms with E-state index < -0.39 is 0 Å². The molecule has 0 aliphatic heterocycles. The van der Waals surface area contributed by atoms with Crippen molar-refractivity contribution in [2.75, 3.05) is 6.54 Å². The number of halogens is 1. The average Bonchev–Trinajstić information content (AvgIpc) is 2.86. The summed E-state index contributed by atoms with van der Waals surface area (Å²) in [5, 5.41) is 4.71. The van der Waals surface area contributed by atoms with Crippen LogP contribution in [0.1, 0.15) is 24.6 Å². The molecule has 0 spiro atoms. The molecule has 102 valence electrons. The first-order chi connectivity index (χ1) is 9.28. The first kappa shape index (κ1) is 14.4. The molecular formula is C13H16ClN3OS. The molecule has 1 aromatic heterocycles. The number of thioether (sulfide) groups is 1. The van der Waals surface area contributed by atoms with Crippen LogP contribution in [0.3, 0.4) is 0 Å². The van der Waals surface area contributed by atoms with Gasteiger partial charge in [0, 0.05) is 16.3 Å². The van der Waals surface area contributed by atoms with Crippen molar-refractivity contribution in [3.05, 3.63) is 41.0 Å². The van der Waals surface area contributed by atoms with Crippen molar-refractivity contribution in [2.24, 2.45) is 5.73 Å². The fourth-order valence-corrected chi connectivity index (χ4v) is 2.42. The van der Waals surface area contributed by atoms with E-state index in [0.717, 1.165) is 35.0 Å². The normalized spacial score (nSPS) is 10.8. The van der Waals surface area contributed by atoms with Crippen molar-refractivity contribution in [2.45, 2.75) is 29.9 Å². The van der Waals surface area contributed by atoms with E-state index >= 15 is 0 Å². The van der Waals surface area contributed by atoms with Crippen molar-refractivity contribution in [3.8, 4) is 0 Å².